The maximum atomic E-state index is 5.45. The Balaban J connectivity index is 1.21. The summed E-state index contributed by atoms with van der Waals surface area (Å²) in [6, 6.07) is 63.6. The van der Waals surface area contributed by atoms with Crippen LogP contribution >= 0.6 is 0 Å². The molecule has 11 rings (SSSR count). The minimum Gasteiger partial charge on any atom is -0.262 e. The van der Waals surface area contributed by atoms with Crippen LogP contribution in [0.3, 0.4) is 0 Å². The average Bonchev–Trinajstić information content (AvgIpc) is 3.71. The van der Waals surface area contributed by atoms with Crippen molar-refractivity contribution in [2.75, 3.05) is 0 Å². The number of hydrogen-bond acceptors (Lipinski definition) is 3. The fourth-order valence-corrected chi connectivity index (χ4v) is 9.19. The van der Waals surface area contributed by atoms with Gasteiger partial charge in [0.25, 0.3) is 0 Å². The number of nitrogens with zero attached hydrogens (tertiary/aromatic N) is 3. The largest absolute Gasteiger partial charge is 0.262 e. The Morgan fingerprint density at radius 2 is 1.04 bits per heavy atom. The molecule has 1 atom stereocenters. The van der Waals surface area contributed by atoms with Crippen molar-refractivity contribution in [2.45, 2.75) is 12.3 Å². The minimum absolute atomic E-state index is 0.500. The number of aromatic nitrogens is 3. The van der Waals surface area contributed by atoms with Crippen LogP contribution in [0.25, 0.3) is 78.1 Å². The third-order valence-corrected chi connectivity index (χ3v) is 11.4. The second-order valence-electron chi connectivity index (χ2n) is 14.4. The highest BCUT2D eigenvalue weighted by Gasteiger charge is 2.52. The van der Waals surface area contributed by atoms with Crippen molar-refractivity contribution in [3.63, 3.8) is 0 Å². The fourth-order valence-electron chi connectivity index (χ4n) is 9.19. The predicted octanol–water partition coefficient (Wildman–Crippen LogP) is 12.3. The molecule has 0 aliphatic heterocycles. The Labute approximate surface area is 314 Å². The van der Waals surface area contributed by atoms with Crippen LogP contribution in [0.4, 0.5) is 0 Å². The normalized spacial score (nSPS) is 14.8. The Morgan fingerprint density at radius 1 is 0.407 bits per heavy atom. The van der Waals surface area contributed by atoms with Crippen molar-refractivity contribution < 1.29 is 0 Å². The molecule has 2 aromatic heterocycles. The number of hydrogen-bond donors (Lipinski definition) is 0. The first-order valence-corrected chi connectivity index (χ1v) is 18.5. The van der Waals surface area contributed by atoms with Crippen LogP contribution in [-0.2, 0) is 5.41 Å². The van der Waals surface area contributed by atoms with Crippen LogP contribution in [0, 0.1) is 6.92 Å². The van der Waals surface area contributed by atoms with E-state index in [2.05, 4.69) is 188 Å². The molecule has 0 radical (unpaired) electrons. The van der Waals surface area contributed by atoms with Gasteiger partial charge in [0.15, 0.2) is 5.82 Å². The topological polar surface area (TPSA) is 38.7 Å². The zero-order valence-corrected chi connectivity index (χ0v) is 29.7. The lowest BCUT2D eigenvalue weighted by atomic mass is 9.70. The van der Waals surface area contributed by atoms with E-state index in [0.717, 1.165) is 45.0 Å². The van der Waals surface area contributed by atoms with Crippen molar-refractivity contribution in [1.82, 2.24) is 15.0 Å². The second-order valence-corrected chi connectivity index (χ2v) is 14.4. The van der Waals surface area contributed by atoms with E-state index in [1.165, 1.54) is 61.0 Å². The molecule has 3 nitrogen and oxygen atoms in total. The van der Waals surface area contributed by atoms with Crippen molar-refractivity contribution >= 4 is 10.8 Å². The van der Waals surface area contributed by atoms with Crippen LogP contribution in [0.15, 0.2) is 182 Å². The monoisotopic (exact) mass is 687 g/mol. The van der Waals surface area contributed by atoms with E-state index in [1.54, 1.807) is 0 Å². The standard InChI is InChI=1S/C51H33N3/c1-32-29-36(27-28-52-32)35-25-26-39-38-18-7-9-22-43(38)51(46(39)30-35)44-23-10-8-19-41(44)49-42(21-12-24-45(49)51)48-31-47(34-14-3-2-4-15-34)53-50(54-48)40-20-11-16-33-13-5-6-17-37(33)40/h2-31H,1H3. The minimum atomic E-state index is -0.500. The molecule has 54 heavy (non-hydrogen) atoms. The molecule has 0 fully saturated rings. The number of pyridine rings is 1. The summed E-state index contributed by atoms with van der Waals surface area (Å²) in [4.78, 5) is 15.2. The fraction of sp³-hybridized carbons (Fsp3) is 0.0392. The first-order chi connectivity index (χ1) is 26.7. The number of aryl methyl sites for hydroxylation is 1. The Bertz CT molecular complexity index is 2960. The molecular formula is C51H33N3. The van der Waals surface area contributed by atoms with Gasteiger partial charge in [-0.25, -0.2) is 9.97 Å². The van der Waals surface area contributed by atoms with Crippen molar-refractivity contribution in [1.29, 1.82) is 0 Å². The molecule has 0 saturated heterocycles. The van der Waals surface area contributed by atoms with Gasteiger partial charge in [-0.3, -0.25) is 4.98 Å². The predicted molar refractivity (Wildman–Crippen MR) is 220 cm³/mol. The summed E-state index contributed by atoms with van der Waals surface area (Å²) < 4.78 is 0. The third-order valence-electron chi connectivity index (χ3n) is 11.4. The van der Waals surface area contributed by atoms with Crippen molar-refractivity contribution in [3.05, 3.63) is 210 Å². The molecule has 2 aliphatic carbocycles. The first kappa shape index (κ1) is 30.6. The summed E-state index contributed by atoms with van der Waals surface area (Å²) in [7, 11) is 0. The molecular weight excluding hydrogens is 655 g/mol. The number of fused-ring (bicyclic) bond motifs is 11. The molecule has 0 bridgehead atoms. The summed E-state index contributed by atoms with van der Waals surface area (Å²) in [5.41, 5.74) is 18.1. The van der Waals surface area contributed by atoms with Gasteiger partial charge in [0.2, 0.25) is 0 Å². The molecule has 252 valence electrons. The Morgan fingerprint density at radius 3 is 1.91 bits per heavy atom. The van der Waals surface area contributed by atoms with Gasteiger partial charge in [0.05, 0.1) is 16.8 Å². The van der Waals surface area contributed by atoms with Crippen LogP contribution in [0.2, 0.25) is 0 Å². The molecule has 2 heterocycles. The highest BCUT2D eigenvalue weighted by molar-refractivity contribution is 6.01. The molecule has 2 aliphatic rings. The van der Waals surface area contributed by atoms with Gasteiger partial charge in [-0.15, -0.1) is 0 Å². The van der Waals surface area contributed by atoms with Crippen molar-refractivity contribution in [3.8, 4) is 67.3 Å². The molecule has 3 heteroatoms. The van der Waals surface area contributed by atoms with E-state index < -0.39 is 5.41 Å². The summed E-state index contributed by atoms with van der Waals surface area (Å²) in [5, 5.41) is 2.31. The van der Waals surface area contributed by atoms with Crippen LogP contribution in [0.5, 0.6) is 0 Å². The summed E-state index contributed by atoms with van der Waals surface area (Å²) in [6.07, 6.45) is 1.91. The molecule has 7 aromatic carbocycles. The smallest absolute Gasteiger partial charge is 0.161 e. The van der Waals surface area contributed by atoms with E-state index >= 15 is 0 Å². The quantitative estimate of drug-likeness (QED) is 0.185. The molecule has 9 aromatic rings. The van der Waals surface area contributed by atoms with E-state index in [4.69, 9.17) is 9.97 Å². The van der Waals surface area contributed by atoms with Crippen LogP contribution in [-0.4, -0.2) is 15.0 Å². The second kappa shape index (κ2) is 11.8. The van der Waals surface area contributed by atoms with Gasteiger partial charge in [-0.05, 0) is 97.6 Å². The Kier molecular flexibility index (Phi) is 6.68. The first-order valence-electron chi connectivity index (χ1n) is 18.5. The van der Waals surface area contributed by atoms with Gasteiger partial charge < -0.3 is 0 Å². The molecule has 0 amide bonds. The molecule has 1 spiro atoms. The van der Waals surface area contributed by atoms with E-state index in [9.17, 15) is 0 Å². The van der Waals surface area contributed by atoms with E-state index in [1.807, 2.05) is 6.20 Å². The van der Waals surface area contributed by atoms with Gasteiger partial charge in [-0.2, -0.15) is 0 Å². The third kappa shape index (κ3) is 4.39. The summed E-state index contributed by atoms with van der Waals surface area (Å²) >= 11 is 0. The van der Waals surface area contributed by atoms with Crippen LogP contribution < -0.4 is 0 Å². The average molecular weight is 688 g/mol. The van der Waals surface area contributed by atoms with Crippen molar-refractivity contribution in [2.24, 2.45) is 0 Å². The van der Waals surface area contributed by atoms with Gasteiger partial charge in [0.1, 0.15) is 0 Å². The SMILES string of the molecule is Cc1cc(-c2ccc3c(c2)C2(c4ccccc4-3)c3ccccc3-c3c(-c4cc(-c5ccccc5)nc(-c5cccc6ccccc56)n4)cccc32)ccn1. The van der Waals surface area contributed by atoms with Gasteiger partial charge in [0, 0.05) is 28.6 Å². The maximum Gasteiger partial charge on any atom is 0.161 e. The highest BCUT2D eigenvalue weighted by Crippen LogP contribution is 2.64. The lowest BCUT2D eigenvalue weighted by Crippen LogP contribution is -2.25. The maximum absolute atomic E-state index is 5.45. The summed E-state index contributed by atoms with van der Waals surface area (Å²) in [6.45, 7) is 2.06. The van der Waals surface area contributed by atoms with Gasteiger partial charge >= 0.3 is 0 Å². The van der Waals surface area contributed by atoms with E-state index in [-0.39, 0.29) is 0 Å². The number of rotatable bonds is 4. The van der Waals surface area contributed by atoms with Gasteiger partial charge in [-0.1, -0.05) is 152 Å². The summed E-state index contributed by atoms with van der Waals surface area (Å²) in [5.74, 6) is 0.718. The van der Waals surface area contributed by atoms with E-state index in [0.29, 0.717) is 0 Å². The molecule has 0 saturated carbocycles. The number of benzene rings is 7. The zero-order valence-electron chi connectivity index (χ0n) is 29.7. The molecule has 0 N–H and O–H groups in total. The highest BCUT2D eigenvalue weighted by atomic mass is 14.9. The lowest BCUT2D eigenvalue weighted by Gasteiger charge is -2.31. The lowest BCUT2D eigenvalue weighted by molar-refractivity contribution is 0.794. The Hall–Kier alpha value is -6.97. The molecule has 1 unspecified atom stereocenters. The zero-order chi connectivity index (χ0) is 35.8. The van der Waals surface area contributed by atoms with Crippen LogP contribution in [0.1, 0.15) is 27.9 Å².